The molecule has 1 saturated heterocycles. The van der Waals surface area contributed by atoms with Crippen LogP contribution in [0.4, 0.5) is 5.69 Å². The summed E-state index contributed by atoms with van der Waals surface area (Å²) in [5, 5.41) is 0. The van der Waals surface area contributed by atoms with Crippen molar-refractivity contribution < 1.29 is 9.47 Å². The standard InChI is InChI=1S/C17H27NO2/c1-12-6-7-14(8-15(12)18)19-11-13-9-16(2,3)20-17(4,5)10-13/h6-8,13H,9-11,18H2,1-5H3. The molecule has 0 bridgehead atoms. The Labute approximate surface area is 122 Å². The number of benzene rings is 1. The lowest BCUT2D eigenvalue weighted by atomic mass is 9.81. The minimum absolute atomic E-state index is 0.0813. The molecule has 1 aromatic carbocycles. The fraction of sp³-hybridized carbons (Fsp3) is 0.647. The first kappa shape index (κ1) is 15.2. The van der Waals surface area contributed by atoms with Gasteiger partial charge in [-0.25, -0.2) is 0 Å². The van der Waals surface area contributed by atoms with Gasteiger partial charge in [0.15, 0.2) is 0 Å². The average molecular weight is 277 g/mol. The van der Waals surface area contributed by atoms with Crippen LogP contribution in [-0.2, 0) is 4.74 Å². The van der Waals surface area contributed by atoms with E-state index in [0.717, 1.165) is 36.4 Å². The number of nitrogens with two attached hydrogens (primary N) is 1. The van der Waals surface area contributed by atoms with Gasteiger partial charge >= 0.3 is 0 Å². The van der Waals surface area contributed by atoms with Gasteiger partial charge in [-0.15, -0.1) is 0 Å². The van der Waals surface area contributed by atoms with Gasteiger partial charge in [-0.2, -0.15) is 0 Å². The third-order valence-electron chi connectivity index (χ3n) is 3.85. The molecule has 3 heteroatoms. The summed E-state index contributed by atoms with van der Waals surface area (Å²) in [5.41, 5.74) is 7.63. The molecule has 1 aliphatic rings. The monoisotopic (exact) mass is 277 g/mol. The molecule has 20 heavy (non-hydrogen) atoms. The molecule has 0 atom stereocenters. The van der Waals surface area contributed by atoms with Crippen LogP contribution in [0.1, 0.15) is 46.1 Å². The van der Waals surface area contributed by atoms with Crippen molar-refractivity contribution in [1.29, 1.82) is 0 Å². The van der Waals surface area contributed by atoms with Crippen LogP contribution in [0.5, 0.6) is 5.75 Å². The zero-order valence-electron chi connectivity index (χ0n) is 13.3. The van der Waals surface area contributed by atoms with E-state index in [4.69, 9.17) is 15.2 Å². The van der Waals surface area contributed by atoms with Gasteiger partial charge in [-0.1, -0.05) is 6.07 Å². The Morgan fingerprint density at radius 3 is 2.35 bits per heavy atom. The van der Waals surface area contributed by atoms with Crippen LogP contribution in [0.3, 0.4) is 0 Å². The fourth-order valence-electron chi connectivity index (χ4n) is 3.33. The molecule has 0 spiro atoms. The third kappa shape index (κ3) is 3.89. The molecule has 1 heterocycles. The van der Waals surface area contributed by atoms with Crippen LogP contribution < -0.4 is 10.5 Å². The molecule has 2 N–H and O–H groups in total. The molecule has 0 aromatic heterocycles. The van der Waals surface area contributed by atoms with Crippen molar-refractivity contribution >= 4 is 5.69 Å². The van der Waals surface area contributed by atoms with Gasteiger partial charge in [-0.3, -0.25) is 0 Å². The van der Waals surface area contributed by atoms with Crippen molar-refractivity contribution in [2.24, 2.45) is 5.92 Å². The Morgan fingerprint density at radius 1 is 1.20 bits per heavy atom. The van der Waals surface area contributed by atoms with Crippen LogP contribution in [-0.4, -0.2) is 17.8 Å². The second kappa shape index (κ2) is 5.28. The maximum atomic E-state index is 6.10. The molecule has 0 saturated carbocycles. The first-order chi connectivity index (χ1) is 9.17. The Kier molecular flexibility index (Phi) is 4.01. The zero-order valence-corrected chi connectivity index (χ0v) is 13.3. The minimum atomic E-state index is -0.0813. The number of hydrogen-bond acceptors (Lipinski definition) is 3. The largest absolute Gasteiger partial charge is 0.493 e. The first-order valence-corrected chi connectivity index (χ1v) is 7.36. The highest BCUT2D eigenvalue weighted by molar-refractivity contribution is 5.50. The summed E-state index contributed by atoms with van der Waals surface area (Å²) >= 11 is 0. The van der Waals surface area contributed by atoms with E-state index in [1.807, 2.05) is 25.1 Å². The smallest absolute Gasteiger partial charge is 0.121 e. The van der Waals surface area contributed by atoms with E-state index in [1.54, 1.807) is 0 Å². The van der Waals surface area contributed by atoms with E-state index < -0.39 is 0 Å². The summed E-state index contributed by atoms with van der Waals surface area (Å²) in [5.74, 6) is 1.37. The predicted octanol–water partition coefficient (Wildman–Crippen LogP) is 3.94. The Bertz CT molecular complexity index is 464. The van der Waals surface area contributed by atoms with Crippen LogP contribution >= 0.6 is 0 Å². The van der Waals surface area contributed by atoms with Gasteiger partial charge in [0, 0.05) is 11.8 Å². The maximum absolute atomic E-state index is 6.10. The molecule has 3 nitrogen and oxygen atoms in total. The van der Waals surface area contributed by atoms with Crippen molar-refractivity contribution in [3.8, 4) is 5.75 Å². The zero-order chi connectivity index (χ0) is 15.0. The minimum Gasteiger partial charge on any atom is -0.493 e. The molecule has 1 aromatic rings. The van der Waals surface area contributed by atoms with E-state index in [2.05, 4.69) is 27.7 Å². The highest BCUT2D eigenvalue weighted by atomic mass is 16.5. The van der Waals surface area contributed by atoms with E-state index in [0.29, 0.717) is 5.92 Å². The molecule has 0 unspecified atom stereocenters. The summed E-state index contributed by atoms with van der Waals surface area (Å²) in [6, 6.07) is 5.90. The van der Waals surface area contributed by atoms with Gasteiger partial charge in [0.2, 0.25) is 0 Å². The van der Waals surface area contributed by atoms with Crippen LogP contribution in [0, 0.1) is 12.8 Å². The lowest BCUT2D eigenvalue weighted by Crippen LogP contribution is -2.46. The molecule has 2 rings (SSSR count). The second-order valence-electron chi connectivity index (χ2n) is 7.23. The van der Waals surface area contributed by atoms with Gasteiger partial charge in [0.25, 0.3) is 0 Å². The lowest BCUT2D eigenvalue weighted by molar-refractivity contribution is -0.175. The molecule has 0 amide bonds. The Hall–Kier alpha value is -1.22. The van der Waals surface area contributed by atoms with E-state index in [1.165, 1.54) is 0 Å². The molecular weight excluding hydrogens is 250 g/mol. The van der Waals surface area contributed by atoms with Crippen LogP contribution in [0.15, 0.2) is 18.2 Å². The van der Waals surface area contributed by atoms with Crippen molar-refractivity contribution in [2.75, 3.05) is 12.3 Å². The van der Waals surface area contributed by atoms with Crippen LogP contribution in [0.25, 0.3) is 0 Å². The summed E-state index contributed by atoms with van der Waals surface area (Å²) in [7, 11) is 0. The van der Waals surface area contributed by atoms with Crippen molar-refractivity contribution in [1.82, 2.24) is 0 Å². The number of hydrogen-bond donors (Lipinski definition) is 1. The highest BCUT2D eigenvalue weighted by Crippen LogP contribution is 2.38. The van der Waals surface area contributed by atoms with Gasteiger partial charge in [-0.05, 0) is 65.0 Å². The topological polar surface area (TPSA) is 44.5 Å². The van der Waals surface area contributed by atoms with Crippen LogP contribution in [0.2, 0.25) is 0 Å². The van der Waals surface area contributed by atoms with E-state index in [-0.39, 0.29) is 11.2 Å². The predicted molar refractivity (Wildman–Crippen MR) is 83.1 cm³/mol. The third-order valence-corrected chi connectivity index (χ3v) is 3.85. The fourth-order valence-corrected chi connectivity index (χ4v) is 3.33. The number of anilines is 1. The molecule has 1 fully saturated rings. The van der Waals surface area contributed by atoms with Crippen molar-refractivity contribution in [3.05, 3.63) is 23.8 Å². The average Bonchev–Trinajstić information content (AvgIpc) is 2.27. The van der Waals surface area contributed by atoms with Gasteiger partial charge in [0.05, 0.1) is 17.8 Å². The van der Waals surface area contributed by atoms with Crippen molar-refractivity contribution in [3.63, 3.8) is 0 Å². The van der Waals surface area contributed by atoms with Crippen molar-refractivity contribution in [2.45, 2.75) is 58.7 Å². The summed E-state index contributed by atoms with van der Waals surface area (Å²) in [6.45, 7) is 11.4. The number of rotatable bonds is 3. The summed E-state index contributed by atoms with van der Waals surface area (Å²) in [4.78, 5) is 0. The number of aryl methyl sites for hydroxylation is 1. The number of nitrogen functional groups attached to an aromatic ring is 1. The Balaban J connectivity index is 1.98. The molecule has 0 radical (unpaired) electrons. The summed E-state index contributed by atoms with van der Waals surface area (Å²) in [6.07, 6.45) is 2.05. The molecular formula is C17H27NO2. The molecule has 1 aliphatic heterocycles. The van der Waals surface area contributed by atoms with Gasteiger partial charge in [0.1, 0.15) is 5.75 Å². The molecule has 112 valence electrons. The Morgan fingerprint density at radius 2 is 1.80 bits per heavy atom. The van der Waals surface area contributed by atoms with Gasteiger partial charge < -0.3 is 15.2 Å². The SMILES string of the molecule is Cc1ccc(OCC2CC(C)(C)OC(C)(C)C2)cc1N. The summed E-state index contributed by atoms with van der Waals surface area (Å²) < 4.78 is 12.0. The highest BCUT2D eigenvalue weighted by Gasteiger charge is 2.39. The normalized spacial score (nSPS) is 21.6. The second-order valence-corrected chi connectivity index (χ2v) is 7.23. The quantitative estimate of drug-likeness (QED) is 0.851. The lowest BCUT2D eigenvalue weighted by Gasteiger charge is -2.45. The number of ether oxygens (including phenoxy) is 2. The van der Waals surface area contributed by atoms with E-state index in [9.17, 15) is 0 Å². The maximum Gasteiger partial charge on any atom is 0.121 e. The first-order valence-electron chi connectivity index (χ1n) is 7.36. The van der Waals surface area contributed by atoms with E-state index >= 15 is 0 Å². The molecule has 0 aliphatic carbocycles.